The maximum absolute atomic E-state index is 12.3. The van der Waals surface area contributed by atoms with Crippen LogP contribution in [0, 0.1) is 6.92 Å². The highest BCUT2D eigenvalue weighted by atomic mass is 16.2. The predicted molar refractivity (Wildman–Crippen MR) is 104 cm³/mol. The molecule has 0 bridgehead atoms. The zero-order valence-corrected chi connectivity index (χ0v) is 15.7. The maximum atomic E-state index is 12.3. The van der Waals surface area contributed by atoms with Crippen molar-refractivity contribution >= 4 is 11.6 Å². The van der Waals surface area contributed by atoms with Gasteiger partial charge >= 0.3 is 0 Å². The molecule has 0 aliphatic rings. The molecular formula is C21H29N3O. The fourth-order valence-electron chi connectivity index (χ4n) is 2.87. The first-order valence-electron chi connectivity index (χ1n) is 8.95. The second-order valence-electron chi connectivity index (χ2n) is 6.79. The predicted octanol–water partition coefficient (Wildman–Crippen LogP) is 4.02. The first-order valence-corrected chi connectivity index (χ1v) is 8.95. The summed E-state index contributed by atoms with van der Waals surface area (Å²) in [5.74, 6) is 0.627. The number of amides is 1. The molecule has 0 aliphatic heterocycles. The number of aryl methyl sites for hydroxylation is 1. The molecule has 0 aliphatic carbocycles. The maximum Gasteiger partial charge on any atom is 0.224 e. The number of carbonyl (C=O) groups excluding carboxylic acids is 1. The first-order chi connectivity index (χ1) is 12.0. The summed E-state index contributed by atoms with van der Waals surface area (Å²) >= 11 is 0. The van der Waals surface area contributed by atoms with Crippen LogP contribution in [0.25, 0.3) is 0 Å². The number of benzene rings is 1. The lowest BCUT2D eigenvalue weighted by atomic mass is 9.98. The molecule has 0 atom stereocenters. The standard InChI is InChI=1S/C21H29N3O/c1-16(2)19-7-5-6-17(3)21(19)23-14-10-20(25)24(4)15-11-18-8-12-22-13-9-18/h5-9,12-13,16,23H,10-11,14-15H2,1-4H3. The summed E-state index contributed by atoms with van der Waals surface area (Å²) < 4.78 is 0. The highest BCUT2D eigenvalue weighted by molar-refractivity contribution is 5.76. The molecule has 134 valence electrons. The lowest BCUT2D eigenvalue weighted by molar-refractivity contribution is -0.129. The molecule has 4 nitrogen and oxygen atoms in total. The van der Waals surface area contributed by atoms with Gasteiger partial charge in [0.1, 0.15) is 0 Å². The molecule has 1 N–H and O–H groups in total. The summed E-state index contributed by atoms with van der Waals surface area (Å²) in [6.07, 6.45) is 4.93. The van der Waals surface area contributed by atoms with Crippen LogP contribution in [0.2, 0.25) is 0 Å². The zero-order valence-electron chi connectivity index (χ0n) is 15.7. The van der Waals surface area contributed by atoms with Crippen molar-refractivity contribution in [3.8, 4) is 0 Å². The van der Waals surface area contributed by atoms with Crippen LogP contribution >= 0.6 is 0 Å². The van der Waals surface area contributed by atoms with Crippen molar-refractivity contribution in [1.29, 1.82) is 0 Å². The second-order valence-corrected chi connectivity index (χ2v) is 6.79. The number of nitrogens with one attached hydrogen (secondary N) is 1. The van der Waals surface area contributed by atoms with Gasteiger partial charge in [0.05, 0.1) is 0 Å². The molecule has 1 aromatic heterocycles. The Morgan fingerprint density at radius 1 is 1.20 bits per heavy atom. The quantitative estimate of drug-likeness (QED) is 0.790. The molecule has 25 heavy (non-hydrogen) atoms. The van der Waals surface area contributed by atoms with Gasteiger partial charge < -0.3 is 10.2 Å². The SMILES string of the molecule is Cc1cccc(C(C)C)c1NCCC(=O)N(C)CCc1ccncc1. The fraction of sp³-hybridized carbons (Fsp3) is 0.429. The van der Waals surface area contributed by atoms with Crippen molar-refractivity contribution in [1.82, 2.24) is 9.88 Å². The minimum Gasteiger partial charge on any atom is -0.384 e. The monoisotopic (exact) mass is 339 g/mol. The average molecular weight is 339 g/mol. The van der Waals surface area contributed by atoms with Crippen molar-refractivity contribution in [2.24, 2.45) is 0 Å². The smallest absolute Gasteiger partial charge is 0.224 e. The second kappa shape index (κ2) is 9.21. The van der Waals surface area contributed by atoms with Gasteiger partial charge in [0.15, 0.2) is 0 Å². The lowest BCUT2D eigenvalue weighted by Crippen LogP contribution is -2.30. The number of rotatable bonds is 8. The number of aromatic nitrogens is 1. The van der Waals surface area contributed by atoms with Crippen LogP contribution in [0.4, 0.5) is 5.69 Å². The Kier molecular flexibility index (Phi) is 6.99. The van der Waals surface area contributed by atoms with Gasteiger partial charge in [-0.25, -0.2) is 0 Å². The third-order valence-electron chi connectivity index (χ3n) is 4.48. The summed E-state index contributed by atoms with van der Waals surface area (Å²) in [7, 11) is 1.87. The lowest BCUT2D eigenvalue weighted by Gasteiger charge is -2.19. The van der Waals surface area contributed by atoms with Crippen molar-refractivity contribution in [3.63, 3.8) is 0 Å². The molecule has 2 rings (SSSR count). The zero-order chi connectivity index (χ0) is 18.2. The Labute approximate surface area is 151 Å². The van der Waals surface area contributed by atoms with Gasteiger partial charge in [-0.05, 0) is 48.1 Å². The number of carbonyl (C=O) groups is 1. The minimum atomic E-state index is 0.168. The van der Waals surface area contributed by atoms with E-state index in [1.54, 1.807) is 12.4 Å². The molecule has 0 radical (unpaired) electrons. The molecule has 0 saturated heterocycles. The van der Waals surface area contributed by atoms with E-state index >= 15 is 0 Å². The average Bonchev–Trinajstić information content (AvgIpc) is 2.61. The van der Waals surface area contributed by atoms with Gasteiger partial charge in [-0.15, -0.1) is 0 Å². The van der Waals surface area contributed by atoms with E-state index in [-0.39, 0.29) is 5.91 Å². The minimum absolute atomic E-state index is 0.168. The van der Waals surface area contributed by atoms with E-state index in [0.29, 0.717) is 18.9 Å². The number of pyridine rings is 1. The summed E-state index contributed by atoms with van der Waals surface area (Å²) in [6.45, 7) is 7.88. The van der Waals surface area contributed by atoms with Gasteiger partial charge in [0, 0.05) is 44.6 Å². The molecule has 4 heteroatoms. The summed E-state index contributed by atoms with van der Waals surface area (Å²) in [6, 6.07) is 10.3. The van der Waals surface area contributed by atoms with Crippen LogP contribution in [0.5, 0.6) is 0 Å². The normalized spacial score (nSPS) is 10.8. The topological polar surface area (TPSA) is 45.2 Å². The third-order valence-corrected chi connectivity index (χ3v) is 4.48. The summed E-state index contributed by atoms with van der Waals surface area (Å²) in [5, 5.41) is 3.47. The molecule has 0 fully saturated rings. The van der Waals surface area contributed by atoms with Crippen LogP contribution < -0.4 is 5.32 Å². The van der Waals surface area contributed by atoms with Gasteiger partial charge in [-0.3, -0.25) is 9.78 Å². The largest absolute Gasteiger partial charge is 0.384 e. The number of anilines is 1. The highest BCUT2D eigenvalue weighted by Crippen LogP contribution is 2.27. The molecule has 1 heterocycles. The molecule has 1 amide bonds. The van der Waals surface area contributed by atoms with Crippen molar-refractivity contribution in [2.75, 3.05) is 25.5 Å². The van der Waals surface area contributed by atoms with E-state index < -0.39 is 0 Å². The first kappa shape index (κ1) is 19.0. The summed E-state index contributed by atoms with van der Waals surface area (Å²) in [5.41, 5.74) is 4.90. The van der Waals surface area contributed by atoms with Crippen molar-refractivity contribution in [3.05, 3.63) is 59.4 Å². The Morgan fingerprint density at radius 3 is 2.60 bits per heavy atom. The van der Waals surface area contributed by atoms with Gasteiger partial charge in [-0.1, -0.05) is 32.0 Å². The third kappa shape index (κ3) is 5.59. The number of para-hydroxylation sites is 1. The van der Waals surface area contributed by atoms with Crippen LogP contribution in [0.15, 0.2) is 42.7 Å². The number of nitrogens with zero attached hydrogens (tertiary/aromatic N) is 2. The van der Waals surface area contributed by atoms with Crippen molar-refractivity contribution < 1.29 is 4.79 Å². The Balaban J connectivity index is 1.82. The van der Waals surface area contributed by atoms with E-state index in [2.05, 4.69) is 49.3 Å². The Morgan fingerprint density at radius 2 is 1.92 bits per heavy atom. The van der Waals surface area contributed by atoms with E-state index in [4.69, 9.17) is 0 Å². The molecule has 1 aromatic carbocycles. The Hall–Kier alpha value is -2.36. The number of likely N-dealkylation sites (N-methyl/N-ethyl adjacent to an activating group) is 1. The van der Waals surface area contributed by atoms with Crippen LogP contribution in [-0.4, -0.2) is 35.9 Å². The number of hydrogen-bond donors (Lipinski definition) is 1. The van der Waals surface area contributed by atoms with E-state index in [9.17, 15) is 4.79 Å². The number of hydrogen-bond acceptors (Lipinski definition) is 3. The highest BCUT2D eigenvalue weighted by Gasteiger charge is 2.11. The van der Waals surface area contributed by atoms with E-state index in [1.807, 2.05) is 24.1 Å². The van der Waals surface area contributed by atoms with Gasteiger partial charge in [0.2, 0.25) is 5.91 Å². The molecule has 0 spiro atoms. The van der Waals surface area contributed by atoms with Crippen LogP contribution in [0.1, 0.15) is 42.9 Å². The molecule has 0 unspecified atom stereocenters. The van der Waals surface area contributed by atoms with Crippen molar-refractivity contribution in [2.45, 2.75) is 39.5 Å². The van der Waals surface area contributed by atoms with E-state index in [1.165, 1.54) is 22.4 Å². The summed E-state index contributed by atoms with van der Waals surface area (Å²) in [4.78, 5) is 18.2. The van der Waals surface area contributed by atoms with Crippen LogP contribution in [0.3, 0.4) is 0 Å². The van der Waals surface area contributed by atoms with Gasteiger partial charge in [-0.2, -0.15) is 0 Å². The molecular weight excluding hydrogens is 310 g/mol. The van der Waals surface area contributed by atoms with E-state index in [0.717, 1.165) is 13.0 Å². The van der Waals surface area contributed by atoms with Gasteiger partial charge in [0.25, 0.3) is 0 Å². The molecule has 2 aromatic rings. The van der Waals surface area contributed by atoms with Crippen LogP contribution in [-0.2, 0) is 11.2 Å². The molecule has 0 saturated carbocycles. The Bertz CT molecular complexity index is 683. The fourth-order valence-corrected chi connectivity index (χ4v) is 2.87.